The quantitative estimate of drug-likeness (QED) is 0.432. The zero-order valence-electron chi connectivity index (χ0n) is 19.2. The average molecular weight is 492 g/mol. The summed E-state index contributed by atoms with van der Waals surface area (Å²) >= 11 is 0. The first-order chi connectivity index (χ1) is 16.0. The maximum Gasteiger partial charge on any atom is 0.408 e. The van der Waals surface area contributed by atoms with Crippen molar-refractivity contribution in [1.82, 2.24) is 16.2 Å². The third-order valence-electron chi connectivity index (χ3n) is 4.39. The molecular formula is C23H29N3O7S. The highest BCUT2D eigenvalue weighted by atomic mass is 32.2. The Kier molecular flexibility index (Phi) is 9.87. The van der Waals surface area contributed by atoms with Crippen LogP contribution in [0.25, 0.3) is 0 Å². The second-order valence-corrected chi connectivity index (χ2v) is 10.1. The lowest BCUT2D eigenvalue weighted by atomic mass is 10.2. The molecule has 0 radical (unpaired) electrons. The summed E-state index contributed by atoms with van der Waals surface area (Å²) in [6, 6.07) is 14.0. The maximum absolute atomic E-state index is 12.6. The summed E-state index contributed by atoms with van der Waals surface area (Å²) in [6.07, 6.45) is -0.105. The van der Waals surface area contributed by atoms with Crippen LogP contribution in [0.5, 0.6) is 5.75 Å². The van der Waals surface area contributed by atoms with Gasteiger partial charge in [-0.25, -0.2) is 13.2 Å². The fourth-order valence-electron chi connectivity index (χ4n) is 2.74. The number of hydrogen-bond acceptors (Lipinski definition) is 7. The number of benzene rings is 2. The largest absolute Gasteiger partial charge is 0.491 e. The van der Waals surface area contributed by atoms with Gasteiger partial charge in [0.15, 0.2) is 0 Å². The summed E-state index contributed by atoms with van der Waals surface area (Å²) in [6.45, 7) is 3.73. The Balaban J connectivity index is 1.94. The van der Waals surface area contributed by atoms with Crippen molar-refractivity contribution in [3.63, 3.8) is 0 Å². The highest BCUT2D eigenvalue weighted by Crippen LogP contribution is 2.13. The molecule has 10 nitrogen and oxygen atoms in total. The van der Waals surface area contributed by atoms with Gasteiger partial charge < -0.3 is 14.8 Å². The fraction of sp³-hybridized carbons (Fsp3) is 0.348. The van der Waals surface area contributed by atoms with Gasteiger partial charge >= 0.3 is 6.09 Å². The first-order valence-corrected chi connectivity index (χ1v) is 12.6. The first kappa shape index (κ1) is 26.7. The number of hydrazine groups is 1. The minimum Gasteiger partial charge on any atom is -0.491 e. The van der Waals surface area contributed by atoms with Gasteiger partial charge in [-0.3, -0.25) is 20.4 Å². The molecule has 0 saturated carbocycles. The molecule has 0 aliphatic heterocycles. The summed E-state index contributed by atoms with van der Waals surface area (Å²) in [7, 11) is -3.40. The number of carbonyl (C=O) groups excluding carboxylic acids is 3. The van der Waals surface area contributed by atoms with E-state index in [1.807, 2.05) is 19.9 Å². The monoisotopic (exact) mass is 491 g/mol. The molecule has 3 N–H and O–H groups in total. The minimum atomic E-state index is -3.40. The Morgan fingerprint density at radius 1 is 0.941 bits per heavy atom. The standard InChI is InChI=1S/C23H29N3O7S/c1-16(2)33-19-11-9-18(10-12-19)21(27)25-26-22(28)20(13-14-34(3,30)31)24-23(29)32-15-17-7-5-4-6-8-17/h4-12,16,20H,13-15H2,1-3H3,(H,24,29)(H,25,27)(H,26,28)/t20-/m0/s1. The van der Waals surface area contributed by atoms with Crippen molar-refractivity contribution in [3.05, 3.63) is 65.7 Å². The van der Waals surface area contributed by atoms with E-state index in [0.29, 0.717) is 5.75 Å². The highest BCUT2D eigenvalue weighted by Gasteiger charge is 2.24. The number of carbonyl (C=O) groups is 3. The van der Waals surface area contributed by atoms with Crippen LogP contribution in [0.1, 0.15) is 36.2 Å². The van der Waals surface area contributed by atoms with E-state index >= 15 is 0 Å². The average Bonchev–Trinajstić information content (AvgIpc) is 2.78. The van der Waals surface area contributed by atoms with Crippen molar-refractivity contribution in [2.75, 3.05) is 12.0 Å². The SMILES string of the molecule is CC(C)Oc1ccc(C(=O)NNC(=O)[C@H](CCS(C)(=O)=O)NC(=O)OCc2ccccc2)cc1. The Labute approximate surface area is 198 Å². The molecule has 0 fully saturated rings. The van der Waals surface area contributed by atoms with Crippen LogP contribution in [0.4, 0.5) is 4.79 Å². The molecule has 0 aliphatic rings. The summed E-state index contributed by atoms with van der Waals surface area (Å²) in [5.74, 6) is -1.16. The first-order valence-electron chi connectivity index (χ1n) is 10.6. The number of ether oxygens (including phenoxy) is 2. The molecule has 1 atom stereocenters. The van der Waals surface area contributed by atoms with Crippen molar-refractivity contribution < 1.29 is 32.3 Å². The van der Waals surface area contributed by atoms with Crippen LogP contribution in [-0.4, -0.2) is 50.5 Å². The molecule has 0 heterocycles. The fourth-order valence-corrected chi connectivity index (χ4v) is 3.41. The van der Waals surface area contributed by atoms with E-state index in [0.717, 1.165) is 11.8 Å². The Bertz CT molecular complexity index is 1070. The van der Waals surface area contributed by atoms with Gasteiger partial charge in [-0.1, -0.05) is 30.3 Å². The van der Waals surface area contributed by atoms with E-state index in [1.165, 1.54) is 12.1 Å². The second-order valence-electron chi connectivity index (χ2n) is 7.81. The third-order valence-corrected chi connectivity index (χ3v) is 5.36. The number of sulfone groups is 1. The minimum absolute atomic E-state index is 0.0188. The van der Waals surface area contributed by atoms with Gasteiger partial charge in [-0.15, -0.1) is 0 Å². The maximum atomic E-state index is 12.6. The molecule has 2 rings (SSSR count). The van der Waals surface area contributed by atoms with Gasteiger partial charge in [0.2, 0.25) is 0 Å². The van der Waals surface area contributed by atoms with Crippen LogP contribution in [-0.2, 0) is 26.0 Å². The zero-order valence-corrected chi connectivity index (χ0v) is 20.1. The molecule has 2 aromatic carbocycles. The van der Waals surface area contributed by atoms with E-state index in [4.69, 9.17) is 9.47 Å². The van der Waals surface area contributed by atoms with Gasteiger partial charge in [0.05, 0.1) is 11.9 Å². The third kappa shape index (κ3) is 9.90. The highest BCUT2D eigenvalue weighted by molar-refractivity contribution is 7.90. The lowest BCUT2D eigenvalue weighted by Crippen LogP contribution is -2.52. The van der Waals surface area contributed by atoms with Crippen molar-refractivity contribution in [2.24, 2.45) is 0 Å². The van der Waals surface area contributed by atoms with Crippen LogP contribution in [0.2, 0.25) is 0 Å². The number of amides is 3. The number of nitrogens with one attached hydrogen (secondary N) is 3. The second kappa shape index (κ2) is 12.6. The van der Waals surface area contributed by atoms with Gasteiger partial charge in [-0.2, -0.15) is 0 Å². The molecule has 0 saturated heterocycles. The molecule has 0 aromatic heterocycles. The number of alkyl carbamates (subject to hydrolysis) is 1. The van der Waals surface area contributed by atoms with Crippen LogP contribution in [0.3, 0.4) is 0 Å². The molecule has 184 valence electrons. The van der Waals surface area contributed by atoms with Gasteiger partial charge in [-0.05, 0) is 50.1 Å². The smallest absolute Gasteiger partial charge is 0.408 e. The summed E-state index contributed by atoms with van der Waals surface area (Å²) in [5, 5.41) is 2.34. The summed E-state index contributed by atoms with van der Waals surface area (Å²) in [5.41, 5.74) is 5.46. The summed E-state index contributed by atoms with van der Waals surface area (Å²) < 4.78 is 33.7. The van der Waals surface area contributed by atoms with Crippen LogP contribution in [0.15, 0.2) is 54.6 Å². The van der Waals surface area contributed by atoms with E-state index in [9.17, 15) is 22.8 Å². The van der Waals surface area contributed by atoms with E-state index in [1.54, 1.807) is 36.4 Å². The van der Waals surface area contributed by atoms with Crippen molar-refractivity contribution in [3.8, 4) is 5.75 Å². The predicted octanol–water partition coefficient (Wildman–Crippen LogP) is 1.96. The molecule has 0 bridgehead atoms. The van der Waals surface area contributed by atoms with E-state index in [-0.39, 0.29) is 30.4 Å². The Morgan fingerprint density at radius 3 is 2.18 bits per heavy atom. The number of hydrogen-bond donors (Lipinski definition) is 3. The Hall–Kier alpha value is -3.60. The van der Waals surface area contributed by atoms with Gasteiger partial charge in [0.25, 0.3) is 11.8 Å². The molecule has 3 amide bonds. The van der Waals surface area contributed by atoms with Gasteiger partial charge in [0, 0.05) is 11.8 Å². The van der Waals surface area contributed by atoms with Crippen LogP contribution < -0.4 is 20.9 Å². The van der Waals surface area contributed by atoms with Crippen LogP contribution >= 0.6 is 0 Å². The normalized spacial score (nSPS) is 11.9. The predicted molar refractivity (Wildman–Crippen MR) is 126 cm³/mol. The van der Waals surface area contributed by atoms with Crippen molar-refractivity contribution in [1.29, 1.82) is 0 Å². The van der Waals surface area contributed by atoms with Crippen molar-refractivity contribution >= 4 is 27.7 Å². The van der Waals surface area contributed by atoms with Crippen molar-refractivity contribution in [2.45, 2.75) is 39.0 Å². The van der Waals surface area contributed by atoms with Crippen LogP contribution in [0, 0.1) is 0 Å². The number of rotatable bonds is 10. The molecule has 0 spiro atoms. The molecule has 11 heteroatoms. The molecule has 0 unspecified atom stereocenters. The zero-order chi connectivity index (χ0) is 25.1. The molecule has 34 heavy (non-hydrogen) atoms. The van der Waals surface area contributed by atoms with E-state index < -0.39 is 33.8 Å². The lowest BCUT2D eigenvalue weighted by Gasteiger charge is -2.18. The molecular weight excluding hydrogens is 462 g/mol. The van der Waals surface area contributed by atoms with Gasteiger partial charge in [0.1, 0.15) is 28.2 Å². The lowest BCUT2D eigenvalue weighted by molar-refractivity contribution is -0.123. The summed E-state index contributed by atoms with van der Waals surface area (Å²) in [4.78, 5) is 37.1. The molecule has 2 aromatic rings. The molecule has 0 aliphatic carbocycles. The topological polar surface area (TPSA) is 140 Å². The van der Waals surface area contributed by atoms with E-state index in [2.05, 4.69) is 16.2 Å². The Morgan fingerprint density at radius 2 is 1.59 bits per heavy atom.